The smallest absolute Gasteiger partial charge is 0.129 e. The molecule has 0 spiro atoms. The monoisotopic (exact) mass is 224 g/mol. The van der Waals surface area contributed by atoms with Crippen LogP contribution in [0.4, 0.5) is 8.78 Å². The second-order valence-corrected chi connectivity index (χ2v) is 5.21. The van der Waals surface area contributed by atoms with Gasteiger partial charge in [0.2, 0.25) is 0 Å². The fourth-order valence-corrected chi connectivity index (χ4v) is 2.02. The van der Waals surface area contributed by atoms with Crippen molar-refractivity contribution in [2.24, 2.45) is 5.92 Å². The second kappa shape index (κ2) is 4.15. The van der Waals surface area contributed by atoms with Crippen LogP contribution in [0.3, 0.4) is 0 Å². The van der Waals surface area contributed by atoms with Crippen LogP contribution in [-0.4, -0.2) is 0 Å². The molecule has 2 rings (SSSR count). The van der Waals surface area contributed by atoms with Crippen molar-refractivity contribution in [1.29, 1.82) is 0 Å². The summed E-state index contributed by atoms with van der Waals surface area (Å²) < 4.78 is 27.7. The molecule has 0 radical (unpaired) electrons. The molecule has 0 amide bonds. The number of benzene rings is 1. The normalized spacial score (nSPS) is 17.9. The maximum absolute atomic E-state index is 13.9. The van der Waals surface area contributed by atoms with Gasteiger partial charge in [0.1, 0.15) is 11.6 Å². The SMILES string of the molecule is CC(C)[C@H](C)c1c(F)cc(C2CC2)cc1F. The summed E-state index contributed by atoms with van der Waals surface area (Å²) in [5.74, 6) is -0.178. The van der Waals surface area contributed by atoms with E-state index in [9.17, 15) is 8.78 Å². The van der Waals surface area contributed by atoms with Gasteiger partial charge in [0.25, 0.3) is 0 Å². The van der Waals surface area contributed by atoms with Crippen LogP contribution in [-0.2, 0) is 0 Å². The maximum atomic E-state index is 13.9. The van der Waals surface area contributed by atoms with Crippen LogP contribution < -0.4 is 0 Å². The Labute approximate surface area is 95.7 Å². The van der Waals surface area contributed by atoms with Crippen LogP contribution >= 0.6 is 0 Å². The molecule has 1 aliphatic carbocycles. The summed E-state index contributed by atoms with van der Waals surface area (Å²) in [5, 5.41) is 0. The van der Waals surface area contributed by atoms with Gasteiger partial charge in [-0.25, -0.2) is 8.78 Å². The third-order valence-corrected chi connectivity index (χ3v) is 3.61. The van der Waals surface area contributed by atoms with Gasteiger partial charge >= 0.3 is 0 Å². The van der Waals surface area contributed by atoms with E-state index in [2.05, 4.69) is 0 Å². The van der Waals surface area contributed by atoms with E-state index in [1.807, 2.05) is 20.8 Å². The minimum Gasteiger partial charge on any atom is -0.207 e. The lowest BCUT2D eigenvalue weighted by molar-refractivity contribution is 0.467. The van der Waals surface area contributed by atoms with Crippen LogP contribution in [0.2, 0.25) is 0 Å². The molecule has 0 bridgehead atoms. The first-order valence-electron chi connectivity index (χ1n) is 5.99. The molecule has 0 aliphatic heterocycles. The lowest BCUT2D eigenvalue weighted by atomic mass is 9.88. The Kier molecular flexibility index (Phi) is 3.00. The van der Waals surface area contributed by atoms with Crippen LogP contribution in [0.5, 0.6) is 0 Å². The molecule has 0 N–H and O–H groups in total. The standard InChI is InChI=1S/C14H18F2/c1-8(2)9(3)14-12(15)6-11(7-13(14)16)10-4-5-10/h6-10H,4-5H2,1-3H3/t9-/m0/s1. The molecule has 1 aromatic carbocycles. The van der Waals surface area contributed by atoms with E-state index < -0.39 is 0 Å². The molecule has 1 fully saturated rings. The Hall–Kier alpha value is -0.920. The van der Waals surface area contributed by atoms with Crippen molar-refractivity contribution >= 4 is 0 Å². The minimum absolute atomic E-state index is 0.0757. The van der Waals surface area contributed by atoms with Crippen LogP contribution in [0, 0.1) is 17.6 Å². The predicted octanol–water partition coefficient (Wildman–Crippen LogP) is 4.60. The van der Waals surface area contributed by atoms with Gasteiger partial charge in [-0.3, -0.25) is 0 Å². The molecule has 0 unspecified atom stereocenters. The Balaban J connectivity index is 2.38. The summed E-state index contributed by atoms with van der Waals surface area (Å²) in [5.41, 5.74) is 1.08. The quantitative estimate of drug-likeness (QED) is 0.703. The lowest BCUT2D eigenvalue weighted by Crippen LogP contribution is -2.08. The molecule has 1 atom stereocenters. The molecule has 0 nitrogen and oxygen atoms in total. The van der Waals surface area contributed by atoms with E-state index in [0.29, 0.717) is 5.92 Å². The zero-order valence-corrected chi connectivity index (χ0v) is 10.1. The molecule has 2 heteroatoms. The minimum atomic E-state index is -0.372. The summed E-state index contributed by atoms with van der Waals surface area (Å²) in [7, 11) is 0. The van der Waals surface area contributed by atoms with Crippen LogP contribution in [0.25, 0.3) is 0 Å². The summed E-state index contributed by atoms with van der Waals surface area (Å²) in [6.07, 6.45) is 2.13. The predicted molar refractivity (Wildman–Crippen MR) is 61.6 cm³/mol. The van der Waals surface area contributed by atoms with E-state index in [1.54, 1.807) is 0 Å². The lowest BCUT2D eigenvalue weighted by Gasteiger charge is -2.18. The van der Waals surface area contributed by atoms with Crippen molar-refractivity contribution in [3.8, 4) is 0 Å². The average molecular weight is 224 g/mol. The highest BCUT2D eigenvalue weighted by atomic mass is 19.1. The first-order valence-corrected chi connectivity index (χ1v) is 5.99. The van der Waals surface area contributed by atoms with Gasteiger partial charge in [0.05, 0.1) is 0 Å². The van der Waals surface area contributed by atoms with Gasteiger partial charge in [-0.15, -0.1) is 0 Å². The molecular formula is C14H18F2. The van der Waals surface area contributed by atoms with E-state index in [0.717, 1.165) is 18.4 Å². The van der Waals surface area contributed by atoms with Gasteiger partial charge in [0, 0.05) is 5.56 Å². The molecule has 16 heavy (non-hydrogen) atoms. The van der Waals surface area contributed by atoms with Crippen LogP contribution in [0.1, 0.15) is 56.6 Å². The zero-order valence-electron chi connectivity index (χ0n) is 10.1. The van der Waals surface area contributed by atoms with Crippen molar-refractivity contribution in [2.75, 3.05) is 0 Å². The summed E-state index contributed by atoms with van der Waals surface area (Å²) >= 11 is 0. The fraction of sp³-hybridized carbons (Fsp3) is 0.571. The highest BCUT2D eigenvalue weighted by molar-refractivity contribution is 5.32. The largest absolute Gasteiger partial charge is 0.207 e. The van der Waals surface area contributed by atoms with E-state index in [4.69, 9.17) is 0 Å². The van der Waals surface area contributed by atoms with Gasteiger partial charge in [0.15, 0.2) is 0 Å². The van der Waals surface area contributed by atoms with Crippen LogP contribution in [0.15, 0.2) is 12.1 Å². The van der Waals surface area contributed by atoms with Crippen molar-refractivity contribution in [3.05, 3.63) is 34.9 Å². The summed E-state index contributed by atoms with van der Waals surface area (Å²) in [4.78, 5) is 0. The number of rotatable bonds is 3. The van der Waals surface area contributed by atoms with E-state index in [1.165, 1.54) is 12.1 Å². The number of hydrogen-bond donors (Lipinski definition) is 0. The molecule has 0 aromatic heterocycles. The Bertz CT molecular complexity index is 369. The molecule has 0 heterocycles. The molecule has 1 aromatic rings. The third-order valence-electron chi connectivity index (χ3n) is 3.61. The van der Waals surface area contributed by atoms with Gasteiger partial charge in [-0.2, -0.15) is 0 Å². The van der Waals surface area contributed by atoms with Gasteiger partial charge in [-0.1, -0.05) is 20.8 Å². The Morgan fingerprint density at radius 1 is 1.06 bits per heavy atom. The average Bonchev–Trinajstić information content (AvgIpc) is 2.98. The highest BCUT2D eigenvalue weighted by Crippen LogP contribution is 2.41. The Morgan fingerprint density at radius 2 is 1.56 bits per heavy atom. The molecule has 88 valence electrons. The molecule has 1 saturated carbocycles. The van der Waals surface area contributed by atoms with Gasteiger partial charge in [-0.05, 0) is 48.3 Å². The maximum Gasteiger partial charge on any atom is 0.129 e. The highest BCUT2D eigenvalue weighted by Gasteiger charge is 2.27. The number of hydrogen-bond acceptors (Lipinski definition) is 0. The second-order valence-electron chi connectivity index (χ2n) is 5.21. The zero-order chi connectivity index (χ0) is 11.9. The van der Waals surface area contributed by atoms with E-state index in [-0.39, 0.29) is 29.0 Å². The number of halogens is 2. The van der Waals surface area contributed by atoms with Crippen molar-refractivity contribution in [2.45, 2.75) is 45.4 Å². The summed E-state index contributed by atoms with van der Waals surface area (Å²) in [6.45, 7) is 5.85. The van der Waals surface area contributed by atoms with Crippen molar-refractivity contribution in [1.82, 2.24) is 0 Å². The molecular weight excluding hydrogens is 206 g/mol. The summed E-state index contributed by atoms with van der Waals surface area (Å²) in [6, 6.07) is 3.05. The third kappa shape index (κ3) is 2.11. The first-order chi connectivity index (χ1) is 7.50. The first kappa shape index (κ1) is 11.6. The van der Waals surface area contributed by atoms with Crippen molar-refractivity contribution < 1.29 is 8.78 Å². The van der Waals surface area contributed by atoms with Gasteiger partial charge < -0.3 is 0 Å². The topological polar surface area (TPSA) is 0 Å². The Morgan fingerprint density at radius 3 is 1.94 bits per heavy atom. The van der Waals surface area contributed by atoms with Crippen molar-refractivity contribution in [3.63, 3.8) is 0 Å². The molecule has 0 saturated heterocycles. The van der Waals surface area contributed by atoms with E-state index >= 15 is 0 Å². The fourth-order valence-electron chi connectivity index (χ4n) is 2.02. The molecule has 1 aliphatic rings.